The first-order valence-corrected chi connectivity index (χ1v) is 12.4. The third-order valence-electron chi connectivity index (χ3n) is 6.78. The molecule has 4 rings (SSSR count). The van der Waals surface area contributed by atoms with Gasteiger partial charge in [0.15, 0.2) is 0 Å². The third-order valence-corrected chi connectivity index (χ3v) is 7.02. The Labute approximate surface area is 216 Å². The van der Waals surface area contributed by atoms with E-state index in [4.69, 9.17) is 16.6 Å². The number of carbonyl (C=O) groups is 2. The van der Waals surface area contributed by atoms with E-state index >= 15 is 0 Å². The molecule has 1 aliphatic rings. The zero-order valence-electron chi connectivity index (χ0n) is 20.8. The van der Waals surface area contributed by atoms with Crippen molar-refractivity contribution in [3.8, 4) is 0 Å². The van der Waals surface area contributed by atoms with Gasteiger partial charge >= 0.3 is 0 Å². The average molecular weight is 506 g/mol. The summed E-state index contributed by atoms with van der Waals surface area (Å²) in [4.78, 5) is 33.3. The van der Waals surface area contributed by atoms with Crippen molar-refractivity contribution in [3.05, 3.63) is 93.8 Å². The summed E-state index contributed by atoms with van der Waals surface area (Å²) < 4.78 is 15.0. The number of aryl methyl sites for hydroxylation is 1. The summed E-state index contributed by atoms with van der Waals surface area (Å²) in [6.07, 6.45) is 0.685. The second kappa shape index (κ2) is 10.6. The zero-order chi connectivity index (χ0) is 26.0. The lowest BCUT2D eigenvalue weighted by molar-refractivity contribution is -0.123. The fourth-order valence-corrected chi connectivity index (χ4v) is 4.49. The predicted octanol–water partition coefficient (Wildman–Crippen LogP) is 6.33. The van der Waals surface area contributed by atoms with Gasteiger partial charge in [-0.2, -0.15) is 0 Å². The van der Waals surface area contributed by atoms with Crippen LogP contribution >= 0.6 is 11.6 Å². The van der Waals surface area contributed by atoms with E-state index in [0.717, 1.165) is 11.1 Å². The van der Waals surface area contributed by atoms with Crippen LogP contribution in [0.15, 0.2) is 65.7 Å². The van der Waals surface area contributed by atoms with Crippen molar-refractivity contribution >= 4 is 40.5 Å². The molecule has 1 aliphatic heterocycles. The number of benzene rings is 3. The molecular formula is C29H29ClFN3O2. The van der Waals surface area contributed by atoms with Gasteiger partial charge in [0.1, 0.15) is 18.4 Å². The van der Waals surface area contributed by atoms with Crippen LogP contribution in [0.1, 0.15) is 42.5 Å². The van der Waals surface area contributed by atoms with E-state index in [1.54, 1.807) is 36.4 Å². The highest BCUT2D eigenvalue weighted by Gasteiger charge is 2.36. The second-order valence-corrected chi connectivity index (χ2v) is 9.61. The van der Waals surface area contributed by atoms with E-state index in [-0.39, 0.29) is 29.8 Å². The van der Waals surface area contributed by atoms with Crippen LogP contribution in [0.3, 0.4) is 0 Å². The minimum Gasteiger partial charge on any atom is -0.324 e. The lowest BCUT2D eigenvalue weighted by atomic mass is 9.97. The number of carbonyl (C=O) groups excluding carboxylic acids is 2. The number of halogens is 2. The first kappa shape index (κ1) is 25.6. The van der Waals surface area contributed by atoms with Gasteiger partial charge in [0, 0.05) is 21.8 Å². The molecule has 7 heteroatoms. The number of amides is 2. The minimum absolute atomic E-state index is 0.131. The van der Waals surface area contributed by atoms with Gasteiger partial charge in [0.05, 0.1) is 11.4 Å². The standard InChI is InChI=1S/C29H29ClFN3O2/c1-5-17(2)27-29(36)34(16-26(35)32-24-12-8-9-18(3)19(24)4)25-14-13-20(30)15-22(25)28(33-27)21-10-6-7-11-23(21)31/h6-15,17,27H,5,16H2,1-4H3,(H,32,35)/t17-,27-/m0/s1. The van der Waals surface area contributed by atoms with Gasteiger partial charge in [-0.25, -0.2) is 4.39 Å². The van der Waals surface area contributed by atoms with Crippen LogP contribution in [0, 0.1) is 25.6 Å². The molecule has 0 bridgehead atoms. The Kier molecular flexibility index (Phi) is 7.55. The smallest absolute Gasteiger partial charge is 0.252 e. The molecule has 3 aromatic carbocycles. The largest absolute Gasteiger partial charge is 0.324 e. The molecule has 0 aliphatic carbocycles. The van der Waals surface area contributed by atoms with Crippen molar-refractivity contribution in [1.82, 2.24) is 0 Å². The van der Waals surface area contributed by atoms with Crippen LogP contribution in [0.2, 0.25) is 5.02 Å². The number of rotatable bonds is 6. The van der Waals surface area contributed by atoms with Crippen LogP contribution < -0.4 is 10.2 Å². The van der Waals surface area contributed by atoms with Crippen LogP contribution in [-0.2, 0) is 9.59 Å². The lowest BCUT2D eigenvalue weighted by Crippen LogP contribution is -2.44. The third kappa shape index (κ3) is 5.05. The van der Waals surface area contributed by atoms with E-state index in [9.17, 15) is 14.0 Å². The molecule has 0 radical (unpaired) electrons. The van der Waals surface area contributed by atoms with Crippen LogP contribution in [0.25, 0.3) is 0 Å². The summed E-state index contributed by atoms with van der Waals surface area (Å²) in [5.74, 6) is -1.22. The van der Waals surface area contributed by atoms with Gasteiger partial charge in [-0.3, -0.25) is 14.6 Å². The number of fused-ring (bicyclic) bond motifs is 1. The van der Waals surface area contributed by atoms with Crippen molar-refractivity contribution in [2.75, 3.05) is 16.8 Å². The van der Waals surface area contributed by atoms with Crippen LogP contribution in [0.4, 0.5) is 15.8 Å². The van der Waals surface area contributed by atoms with Crippen molar-refractivity contribution in [2.24, 2.45) is 10.9 Å². The molecule has 0 unspecified atom stereocenters. The average Bonchev–Trinajstić information content (AvgIpc) is 2.96. The highest BCUT2D eigenvalue weighted by atomic mass is 35.5. The Morgan fingerprint density at radius 3 is 2.58 bits per heavy atom. The Morgan fingerprint density at radius 1 is 1.11 bits per heavy atom. The molecule has 186 valence electrons. The Hall–Kier alpha value is -3.51. The molecule has 5 nitrogen and oxygen atoms in total. The van der Waals surface area contributed by atoms with Crippen LogP contribution in [0.5, 0.6) is 0 Å². The van der Waals surface area contributed by atoms with Crippen molar-refractivity contribution in [3.63, 3.8) is 0 Å². The number of benzodiazepines with no additional fused rings is 1. The maximum absolute atomic E-state index is 15.0. The Balaban J connectivity index is 1.81. The summed E-state index contributed by atoms with van der Waals surface area (Å²) in [6, 6.07) is 16.3. The van der Waals surface area contributed by atoms with E-state index in [2.05, 4.69) is 5.32 Å². The van der Waals surface area contributed by atoms with Gasteiger partial charge in [0.2, 0.25) is 5.91 Å². The summed E-state index contributed by atoms with van der Waals surface area (Å²) in [5.41, 5.74) is 4.31. The monoisotopic (exact) mass is 505 g/mol. The van der Waals surface area contributed by atoms with Crippen molar-refractivity contribution < 1.29 is 14.0 Å². The molecule has 1 heterocycles. The SMILES string of the molecule is CC[C@H](C)[C@@H]1N=C(c2ccccc2F)c2cc(Cl)ccc2N(CC(=O)Nc2cccc(C)c2C)C1=O. The number of nitrogens with one attached hydrogen (secondary N) is 1. The number of anilines is 2. The highest BCUT2D eigenvalue weighted by Crippen LogP contribution is 2.33. The van der Waals surface area contributed by atoms with Gasteiger partial charge in [-0.05, 0) is 67.3 Å². The van der Waals surface area contributed by atoms with E-state index in [1.165, 1.54) is 11.0 Å². The van der Waals surface area contributed by atoms with E-state index in [0.29, 0.717) is 34.1 Å². The molecule has 0 spiro atoms. The maximum Gasteiger partial charge on any atom is 0.252 e. The summed E-state index contributed by atoms with van der Waals surface area (Å²) >= 11 is 6.35. The van der Waals surface area contributed by atoms with Gasteiger partial charge in [0.25, 0.3) is 5.91 Å². The number of hydrogen-bond acceptors (Lipinski definition) is 3. The Bertz CT molecular complexity index is 1350. The van der Waals surface area contributed by atoms with E-state index in [1.807, 2.05) is 45.9 Å². The molecule has 0 saturated carbocycles. The van der Waals surface area contributed by atoms with Crippen molar-refractivity contribution in [1.29, 1.82) is 0 Å². The highest BCUT2D eigenvalue weighted by molar-refractivity contribution is 6.32. The fourth-order valence-electron chi connectivity index (χ4n) is 4.32. The van der Waals surface area contributed by atoms with Gasteiger partial charge < -0.3 is 10.2 Å². The Morgan fingerprint density at radius 2 is 1.86 bits per heavy atom. The molecule has 1 N–H and O–H groups in total. The molecule has 36 heavy (non-hydrogen) atoms. The number of nitrogens with zero attached hydrogens (tertiary/aromatic N) is 2. The summed E-state index contributed by atoms with van der Waals surface area (Å²) in [5, 5.41) is 3.36. The van der Waals surface area contributed by atoms with Gasteiger partial charge in [-0.15, -0.1) is 0 Å². The maximum atomic E-state index is 15.0. The molecule has 0 aromatic heterocycles. The van der Waals surface area contributed by atoms with E-state index < -0.39 is 11.9 Å². The summed E-state index contributed by atoms with van der Waals surface area (Å²) in [7, 11) is 0. The lowest BCUT2D eigenvalue weighted by Gasteiger charge is -2.27. The summed E-state index contributed by atoms with van der Waals surface area (Å²) in [6.45, 7) is 7.60. The quantitative estimate of drug-likeness (QED) is 0.425. The molecule has 2 amide bonds. The predicted molar refractivity (Wildman–Crippen MR) is 144 cm³/mol. The van der Waals surface area contributed by atoms with Crippen molar-refractivity contribution in [2.45, 2.75) is 40.2 Å². The molecule has 0 saturated heterocycles. The number of aliphatic imine (C=N–C) groups is 1. The normalized spacial score (nSPS) is 16.2. The minimum atomic E-state index is -0.788. The second-order valence-electron chi connectivity index (χ2n) is 9.17. The topological polar surface area (TPSA) is 61.8 Å². The fraction of sp³-hybridized carbons (Fsp3) is 0.276. The molecule has 0 fully saturated rings. The van der Waals surface area contributed by atoms with Crippen LogP contribution in [-0.4, -0.2) is 30.1 Å². The van der Waals surface area contributed by atoms with Gasteiger partial charge in [-0.1, -0.05) is 56.1 Å². The molecule has 3 aromatic rings. The first-order chi connectivity index (χ1) is 17.2. The zero-order valence-corrected chi connectivity index (χ0v) is 21.6. The first-order valence-electron chi connectivity index (χ1n) is 12.0. The number of hydrogen-bond donors (Lipinski definition) is 1. The molecular weight excluding hydrogens is 477 g/mol. The molecule has 2 atom stereocenters.